The van der Waals surface area contributed by atoms with Gasteiger partial charge < -0.3 is 0 Å². The van der Waals surface area contributed by atoms with E-state index in [1.165, 1.54) is 22.3 Å². The Bertz CT molecular complexity index is 1020. The van der Waals surface area contributed by atoms with Crippen molar-refractivity contribution >= 4 is 32.4 Å². The summed E-state index contributed by atoms with van der Waals surface area (Å²) in [4.78, 5) is 2.61. The molecule has 0 aliphatic carbocycles. The van der Waals surface area contributed by atoms with Crippen LogP contribution in [0.4, 0.5) is 0 Å². The van der Waals surface area contributed by atoms with E-state index in [4.69, 9.17) is 0 Å². The van der Waals surface area contributed by atoms with Gasteiger partial charge in [0.2, 0.25) is 0 Å². The van der Waals surface area contributed by atoms with Crippen LogP contribution in [0.15, 0.2) is 87.5 Å². The molecule has 0 aromatic heterocycles. The second-order valence-corrected chi connectivity index (χ2v) is 11.1. The van der Waals surface area contributed by atoms with Gasteiger partial charge in [0.25, 0.3) is 0 Å². The van der Waals surface area contributed by atoms with E-state index in [9.17, 15) is 12.6 Å². The SMILES string of the molecule is CSc1ccc(C)cc1.Cc1ccc(S(C)(=O)=O)cc1.Cc1ccc(S(C)=O)cc1. The summed E-state index contributed by atoms with van der Waals surface area (Å²) in [6, 6.07) is 23.1. The van der Waals surface area contributed by atoms with Crippen molar-refractivity contribution in [1.29, 1.82) is 0 Å². The summed E-state index contributed by atoms with van der Waals surface area (Å²) in [5.74, 6) is 0. The lowest BCUT2D eigenvalue weighted by molar-refractivity contribution is 0.602. The molecule has 3 nitrogen and oxygen atoms in total. The van der Waals surface area contributed by atoms with E-state index < -0.39 is 20.6 Å². The highest BCUT2D eigenvalue weighted by Gasteiger charge is 2.04. The number of benzene rings is 3. The van der Waals surface area contributed by atoms with Gasteiger partial charge in [-0.15, -0.1) is 11.8 Å². The zero-order chi connectivity index (χ0) is 22.7. The monoisotopic (exact) mass is 462 g/mol. The van der Waals surface area contributed by atoms with Crippen LogP contribution >= 0.6 is 11.8 Å². The van der Waals surface area contributed by atoms with Crippen molar-refractivity contribution in [3.63, 3.8) is 0 Å². The molecule has 0 aliphatic rings. The van der Waals surface area contributed by atoms with E-state index in [2.05, 4.69) is 37.4 Å². The topological polar surface area (TPSA) is 51.2 Å². The van der Waals surface area contributed by atoms with Crippen molar-refractivity contribution in [2.24, 2.45) is 0 Å². The number of rotatable bonds is 3. The Morgan fingerprint density at radius 3 is 1.40 bits per heavy atom. The molecule has 0 saturated heterocycles. The van der Waals surface area contributed by atoms with Crippen molar-refractivity contribution in [3.8, 4) is 0 Å². The highest BCUT2D eigenvalue weighted by atomic mass is 32.2. The first-order chi connectivity index (χ1) is 14.0. The van der Waals surface area contributed by atoms with Gasteiger partial charge >= 0.3 is 0 Å². The van der Waals surface area contributed by atoms with E-state index >= 15 is 0 Å². The largest absolute Gasteiger partial charge is 0.255 e. The Balaban J connectivity index is 0.000000226. The molecule has 0 N–H and O–H groups in total. The molecule has 3 aromatic carbocycles. The quantitative estimate of drug-likeness (QED) is 0.458. The van der Waals surface area contributed by atoms with Crippen LogP contribution in [-0.2, 0) is 20.6 Å². The van der Waals surface area contributed by atoms with E-state index in [0.717, 1.165) is 10.5 Å². The summed E-state index contributed by atoms with van der Waals surface area (Å²) in [6.45, 7) is 6.04. The fourth-order valence-corrected chi connectivity index (χ4v) is 3.75. The van der Waals surface area contributed by atoms with Crippen LogP contribution in [-0.4, -0.2) is 31.4 Å². The first kappa shape index (κ1) is 26.1. The van der Waals surface area contributed by atoms with Crippen molar-refractivity contribution in [2.45, 2.75) is 35.5 Å². The zero-order valence-corrected chi connectivity index (χ0v) is 20.8. The third-order valence-electron chi connectivity index (χ3n) is 4.06. The minimum absolute atomic E-state index is 0.378. The van der Waals surface area contributed by atoms with Crippen molar-refractivity contribution < 1.29 is 12.6 Å². The maximum absolute atomic E-state index is 10.9. The molecule has 0 fully saturated rings. The van der Waals surface area contributed by atoms with Gasteiger partial charge in [0.05, 0.1) is 4.90 Å². The average molecular weight is 463 g/mol. The van der Waals surface area contributed by atoms with Crippen LogP contribution < -0.4 is 0 Å². The van der Waals surface area contributed by atoms with Gasteiger partial charge in [0, 0.05) is 33.1 Å². The molecular formula is C24H30O3S3. The Morgan fingerprint density at radius 1 is 0.700 bits per heavy atom. The zero-order valence-electron chi connectivity index (χ0n) is 18.4. The van der Waals surface area contributed by atoms with Crippen LogP contribution in [0.3, 0.4) is 0 Å². The fourth-order valence-electron chi connectivity index (χ4n) is 2.19. The van der Waals surface area contributed by atoms with Gasteiger partial charge in [-0.05, 0) is 63.4 Å². The molecule has 0 spiro atoms. The third-order valence-corrected chi connectivity index (χ3v) is 6.87. The Kier molecular flexibility index (Phi) is 11.1. The van der Waals surface area contributed by atoms with E-state index in [1.807, 2.05) is 38.1 Å². The second-order valence-electron chi connectivity index (χ2n) is 6.87. The first-order valence-corrected chi connectivity index (χ1v) is 14.0. The molecule has 3 aromatic rings. The van der Waals surface area contributed by atoms with Gasteiger partial charge in [-0.25, -0.2) is 8.42 Å². The van der Waals surface area contributed by atoms with E-state index in [0.29, 0.717) is 4.90 Å². The summed E-state index contributed by atoms with van der Waals surface area (Å²) in [5, 5.41) is 0. The minimum atomic E-state index is -3.02. The number of sulfone groups is 1. The predicted octanol–water partition coefficient (Wildman–Crippen LogP) is 5.85. The van der Waals surface area contributed by atoms with Crippen LogP contribution in [0.1, 0.15) is 16.7 Å². The standard InChI is InChI=1S/C8H10O2S.C8H10OS.C8H10S/c1-7-3-5-8(6-4-7)11(2,9)10;1-7-3-5-8(6-4-7)10(2)9;1-7-3-5-8(9-2)6-4-7/h3-6H,1-2H3;3-6H,1-2H3;3-6H,1-2H3. The van der Waals surface area contributed by atoms with Crippen molar-refractivity contribution in [3.05, 3.63) is 89.5 Å². The molecule has 0 heterocycles. The lowest BCUT2D eigenvalue weighted by Crippen LogP contribution is -1.95. The lowest BCUT2D eigenvalue weighted by atomic mass is 10.2. The second kappa shape index (κ2) is 12.7. The Labute approximate surface area is 188 Å². The molecule has 162 valence electrons. The summed E-state index contributed by atoms with van der Waals surface area (Å²) < 4.78 is 32.8. The van der Waals surface area contributed by atoms with E-state index in [-0.39, 0.29) is 0 Å². The average Bonchev–Trinajstić information content (AvgIpc) is 2.69. The highest BCUT2D eigenvalue weighted by Crippen LogP contribution is 2.13. The number of thioether (sulfide) groups is 1. The molecule has 1 unspecified atom stereocenters. The first-order valence-electron chi connectivity index (χ1n) is 9.30. The van der Waals surface area contributed by atoms with Gasteiger partial charge in [-0.3, -0.25) is 4.21 Å². The molecule has 0 saturated carbocycles. The summed E-state index contributed by atoms with van der Waals surface area (Å²) in [5.41, 5.74) is 3.60. The van der Waals surface area contributed by atoms with Crippen molar-refractivity contribution in [2.75, 3.05) is 18.8 Å². The Hall–Kier alpha value is -1.89. The maximum Gasteiger partial charge on any atom is 0.175 e. The van der Waals surface area contributed by atoms with Crippen LogP contribution in [0.5, 0.6) is 0 Å². The van der Waals surface area contributed by atoms with Crippen LogP contribution in [0.2, 0.25) is 0 Å². The molecule has 30 heavy (non-hydrogen) atoms. The number of hydrogen-bond acceptors (Lipinski definition) is 4. The third kappa shape index (κ3) is 10.2. The molecule has 0 amide bonds. The molecule has 0 radical (unpaired) electrons. The van der Waals surface area contributed by atoms with Gasteiger partial charge in [0.15, 0.2) is 9.84 Å². The van der Waals surface area contributed by atoms with Gasteiger partial charge in [-0.2, -0.15) is 0 Å². The van der Waals surface area contributed by atoms with Gasteiger partial charge in [-0.1, -0.05) is 53.1 Å². The van der Waals surface area contributed by atoms with Crippen LogP contribution in [0, 0.1) is 20.8 Å². The number of hydrogen-bond donors (Lipinski definition) is 0. The molecule has 6 heteroatoms. The molecule has 1 atom stereocenters. The van der Waals surface area contributed by atoms with Crippen molar-refractivity contribution in [1.82, 2.24) is 0 Å². The Morgan fingerprint density at radius 2 is 1.07 bits per heavy atom. The van der Waals surface area contributed by atoms with Gasteiger partial charge in [0.1, 0.15) is 0 Å². The normalized spacial score (nSPS) is 11.4. The summed E-state index contributed by atoms with van der Waals surface area (Å²) >= 11 is 1.78. The maximum atomic E-state index is 10.9. The highest BCUT2D eigenvalue weighted by molar-refractivity contribution is 7.98. The van der Waals surface area contributed by atoms with Crippen LogP contribution in [0.25, 0.3) is 0 Å². The molecule has 3 rings (SSSR count). The smallest absolute Gasteiger partial charge is 0.175 e. The predicted molar refractivity (Wildman–Crippen MR) is 131 cm³/mol. The summed E-state index contributed by atoms with van der Waals surface area (Å²) in [6.07, 6.45) is 4.98. The molecular weight excluding hydrogens is 432 g/mol. The number of aryl methyl sites for hydroxylation is 3. The molecule has 0 bridgehead atoms. The van der Waals surface area contributed by atoms with E-state index in [1.54, 1.807) is 42.3 Å². The molecule has 0 aliphatic heterocycles. The minimum Gasteiger partial charge on any atom is -0.255 e. The summed E-state index contributed by atoms with van der Waals surface area (Å²) in [7, 11) is -3.86. The lowest BCUT2D eigenvalue weighted by Gasteiger charge is -1.96. The fraction of sp³-hybridized carbons (Fsp3) is 0.250.